The second-order valence-electron chi connectivity index (χ2n) is 4.30. The van der Waals surface area contributed by atoms with Crippen molar-refractivity contribution in [2.45, 2.75) is 0 Å². The lowest BCUT2D eigenvalue weighted by Crippen LogP contribution is -2.20. The highest BCUT2D eigenvalue weighted by atomic mass is 16.3. The third kappa shape index (κ3) is 2.44. The van der Waals surface area contributed by atoms with Crippen molar-refractivity contribution in [3.8, 4) is 5.88 Å². The summed E-state index contributed by atoms with van der Waals surface area (Å²) in [5, 5.41) is 19.1. The third-order valence-corrected chi connectivity index (χ3v) is 2.92. The Hall–Kier alpha value is -3.22. The number of fused-ring (bicyclic) bond motifs is 1. The maximum atomic E-state index is 11.6. The van der Waals surface area contributed by atoms with Crippen molar-refractivity contribution >= 4 is 22.1 Å². The molecule has 0 saturated carbocycles. The predicted octanol–water partition coefficient (Wildman–Crippen LogP) is 2.34. The van der Waals surface area contributed by atoms with Crippen LogP contribution < -0.4 is 11.2 Å². The molecule has 2 aromatic carbocycles. The van der Waals surface area contributed by atoms with Gasteiger partial charge in [0, 0.05) is 5.39 Å². The summed E-state index contributed by atoms with van der Waals surface area (Å²) in [5.74, 6) is -0.618. The van der Waals surface area contributed by atoms with Gasteiger partial charge in [-0.05, 0) is 11.5 Å². The normalized spacial score (nSPS) is 11.2. The number of rotatable bonds is 2. The van der Waals surface area contributed by atoms with Crippen LogP contribution in [0.15, 0.2) is 62.3 Å². The first kappa shape index (κ1) is 12.8. The first-order chi connectivity index (χ1) is 10.1. The van der Waals surface area contributed by atoms with Crippen LogP contribution in [0.2, 0.25) is 0 Å². The molecule has 0 amide bonds. The topological polar surface area (TPSA) is 111 Å². The van der Waals surface area contributed by atoms with Crippen LogP contribution in [-0.2, 0) is 0 Å². The Balaban J connectivity index is 2.11. The number of azo groups is 1. The number of nitrogens with zero attached hydrogens (tertiary/aromatic N) is 2. The summed E-state index contributed by atoms with van der Waals surface area (Å²) in [7, 11) is 0. The number of hydrogen-bond donors (Lipinski definition) is 3. The first-order valence-electron chi connectivity index (χ1n) is 6.10. The minimum absolute atomic E-state index is 0.345. The Morgan fingerprint density at radius 3 is 2.48 bits per heavy atom. The minimum atomic E-state index is -0.805. The van der Waals surface area contributed by atoms with E-state index < -0.39 is 17.1 Å². The molecule has 1 heterocycles. The molecule has 0 unspecified atom stereocenters. The Kier molecular flexibility index (Phi) is 3.07. The molecule has 7 heteroatoms. The summed E-state index contributed by atoms with van der Waals surface area (Å²) in [6, 6.07) is 13.1. The lowest BCUT2D eigenvalue weighted by molar-refractivity contribution is 0.450. The summed E-state index contributed by atoms with van der Waals surface area (Å²) in [4.78, 5) is 26.5. The second-order valence-corrected chi connectivity index (χ2v) is 4.30. The number of aromatic nitrogens is 2. The average Bonchev–Trinajstić information content (AvgIpc) is 2.46. The number of aromatic hydroxyl groups is 1. The quantitative estimate of drug-likeness (QED) is 0.627. The molecule has 3 N–H and O–H groups in total. The van der Waals surface area contributed by atoms with Crippen LogP contribution in [0.25, 0.3) is 10.8 Å². The van der Waals surface area contributed by atoms with E-state index in [0.29, 0.717) is 5.69 Å². The van der Waals surface area contributed by atoms with E-state index in [4.69, 9.17) is 0 Å². The summed E-state index contributed by atoms with van der Waals surface area (Å²) in [6.45, 7) is 0. The van der Waals surface area contributed by atoms with Crippen LogP contribution in [0.1, 0.15) is 0 Å². The maximum Gasteiger partial charge on any atom is 0.328 e. The Morgan fingerprint density at radius 2 is 1.67 bits per heavy atom. The molecular weight excluding hydrogens is 272 g/mol. The van der Waals surface area contributed by atoms with E-state index in [1.54, 1.807) is 6.07 Å². The second kappa shape index (κ2) is 5.04. The fourth-order valence-electron chi connectivity index (χ4n) is 1.96. The minimum Gasteiger partial charge on any atom is -0.493 e. The van der Waals surface area contributed by atoms with Gasteiger partial charge in [-0.25, -0.2) is 4.79 Å². The largest absolute Gasteiger partial charge is 0.493 e. The summed E-state index contributed by atoms with van der Waals surface area (Å²) in [5.41, 5.74) is -1.40. The molecule has 0 aliphatic heterocycles. The van der Waals surface area contributed by atoms with Crippen molar-refractivity contribution in [3.63, 3.8) is 0 Å². The molecule has 0 fully saturated rings. The van der Waals surface area contributed by atoms with Crippen molar-refractivity contribution in [1.82, 2.24) is 9.97 Å². The summed E-state index contributed by atoms with van der Waals surface area (Å²) >= 11 is 0. The summed E-state index contributed by atoms with van der Waals surface area (Å²) in [6.07, 6.45) is 0. The number of aromatic amines is 2. The highest BCUT2D eigenvalue weighted by Crippen LogP contribution is 2.27. The van der Waals surface area contributed by atoms with E-state index in [-0.39, 0.29) is 5.69 Å². The molecule has 104 valence electrons. The van der Waals surface area contributed by atoms with Gasteiger partial charge >= 0.3 is 5.69 Å². The monoisotopic (exact) mass is 282 g/mol. The molecule has 3 rings (SSSR count). The fourth-order valence-corrected chi connectivity index (χ4v) is 1.96. The molecule has 0 spiro atoms. The van der Waals surface area contributed by atoms with Crippen LogP contribution >= 0.6 is 0 Å². The highest BCUT2D eigenvalue weighted by molar-refractivity contribution is 5.92. The molecule has 1 aromatic heterocycles. The molecule has 0 aliphatic rings. The van der Waals surface area contributed by atoms with E-state index >= 15 is 0 Å². The van der Waals surface area contributed by atoms with Gasteiger partial charge in [0.05, 0.1) is 5.69 Å². The van der Waals surface area contributed by atoms with Crippen LogP contribution in [0.4, 0.5) is 11.4 Å². The SMILES string of the molecule is O=c1[nH]c(O)c(N=Nc2cccc3ccccc23)c(=O)[nH]1. The van der Waals surface area contributed by atoms with E-state index in [0.717, 1.165) is 10.8 Å². The molecule has 7 nitrogen and oxygen atoms in total. The van der Waals surface area contributed by atoms with Gasteiger partial charge in [-0.2, -0.15) is 0 Å². The van der Waals surface area contributed by atoms with E-state index in [1.165, 1.54) is 0 Å². The average molecular weight is 282 g/mol. The van der Waals surface area contributed by atoms with Gasteiger partial charge in [-0.3, -0.25) is 14.8 Å². The molecular formula is C14H10N4O3. The van der Waals surface area contributed by atoms with Crippen LogP contribution in [0, 0.1) is 0 Å². The standard InChI is InChI=1S/C14H10N4O3/c19-12-11(13(20)16-14(21)15-12)18-17-10-7-3-5-8-4-1-2-6-9(8)10/h1-7H,(H3,15,16,19,20,21). The summed E-state index contributed by atoms with van der Waals surface area (Å²) < 4.78 is 0. The molecule has 0 saturated heterocycles. The Morgan fingerprint density at radius 1 is 0.905 bits per heavy atom. The van der Waals surface area contributed by atoms with Gasteiger partial charge in [-0.1, -0.05) is 36.4 Å². The first-order valence-corrected chi connectivity index (χ1v) is 6.10. The predicted molar refractivity (Wildman–Crippen MR) is 77.5 cm³/mol. The van der Waals surface area contributed by atoms with Crippen molar-refractivity contribution in [2.75, 3.05) is 0 Å². The zero-order chi connectivity index (χ0) is 14.8. The van der Waals surface area contributed by atoms with E-state index in [9.17, 15) is 14.7 Å². The molecule has 0 aliphatic carbocycles. The smallest absolute Gasteiger partial charge is 0.328 e. The zero-order valence-electron chi connectivity index (χ0n) is 10.7. The van der Waals surface area contributed by atoms with Gasteiger partial charge in [-0.15, -0.1) is 10.2 Å². The van der Waals surface area contributed by atoms with Gasteiger partial charge in [0.15, 0.2) is 0 Å². The fraction of sp³-hybridized carbons (Fsp3) is 0. The van der Waals surface area contributed by atoms with Gasteiger partial charge in [0.2, 0.25) is 11.6 Å². The number of benzene rings is 2. The molecule has 0 atom stereocenters. The molecule has 0 bridgehead atoms. The zero-order valence-corrected chi connectivity index (χ0v) is 10.7. The van der Waals surface area contributed by atoms with Crippen LogP contribution in [-0.4, -0.2) is 15.1 Å². The lowest BCUT2D eigenvalue weighted by atomic mass is 10.1. The number of hydrogen-bond acceptors (Lipinski definition) is 5. The van der Waals surface area contributed by atoms with Gasteiger partial charge in [0.1, 0.15) is 0 Å². The number of nitrogens with one attached hydrogen (secondary N) is 2. The number of H-pyrrole nitrogens is 2. The molecule has 3 aromatic rings. The molecule has 0 radical (unpaired) electrons. The highest BCUT2D eigenvalue weighted by Gasteiger charge is 2.07. The van der Waals surface area contributed by atoms with Crippen molar-refractivity contribution < 1.29 is 5.11 Å². The van der Waals surface area contributed by atoms with E-state index in [2.05, 4.69) is 10.2 Å². The van der Waals surface area contributed by atoms with E-state index in [1.807, 2.05) is 46.4 Å². The Bertz CT molecular complexity index is 951. The molecule has 21 heavy (non-hydrogen) atoms. The van der Waals surface area contributed by atoms with Crippen molar-refractivity contribution in [1.29, 1.82) is 0 Å². The van der Waals surface area contributed by atoms with Crippen LogP contribution in [0.3, 0.4) is 0 Å². The maximum absolute atomic E-state index is 11.6. The Labute approximate surface area is 117 Å². The van der Waals surface area contributed by atoms with Crippen molar-refractivity contribution in [3.05, 3.63) is 63.3 Å². The van der Waals surface area contributed by atoms with Gasteiger partial charge in [0.25, 0.3) is 5.56 Å². The lowest BCUT2D eigenvalue weighted by Gasteiger charge is -2.00. The van der Waals surface area contributed by atoms with Crippen LogP contribution in [0.5, 0.6) is 5.88 Å². The van der Waals surface area contributed by atoms with Crippen molar-refractivity contribution in [2.24, 2.45) is 10.2 Å². The van der Waals surface area contributed by atoms with Gasteiger partial charge < -0.3 is 5.11 Å². The third-order valence-electron chi connectivity index (χ3n) is 2.92.